The van der Waals surface area contributed by atoms with Gasteiger partial charge in [0, 0.05) is 42.8 Å². The summed E-state index contributed by atoms with van der Waals surface area (Å²) in [5.74, 6) is 1.81. The monoisotopic (exact) mass is 353 g/mol. The van der Waals surface area contributed by atoms with E-state index >= 15 is 0 Å². The molecule has 1 heterocycles. The van der Waals surface area contributed by atoms with Crippen LogP contribution in [0.1, 0.15) is 31.9 Å². The Morgan fingerprint density at radius 1 is 1.46 bits per heavy atom. The second-order valence-electron chi connectivity index (χ2n) is 6.56. The van der Waals surface area contributed by atoms with Gasteiger partial charge in [0.15, 0.2) is 5.96 Å². The maximum atomic E-state index is 13.7. The Bertz CT molecular complexity index is 577. The van der Waals surface area contributed by atoms with E-state index in [1.165, 1.54) is 6.07 Å². The van der Waals surface area contributed by atoms with Gasteiger partial charge in [-0.2, -0.15) is 11.8 Å². The first kappa shape index (κ1) is 19.1. The maximum absolute atomic E-state index is 13.7. The van der Waals surface area contributed by atoms with E-state index in [1.54, 1.807) is 13.2 Å². The zero-order chi connectivity index (χ0) is 17.6. The van der Waals surface area contributed by atoms with Crippen LogP contribution in [-0.2, 0) is 17.9 Å². The van der Waals surface area contributed by atoms with Crippen molar-refractivity contribution in [2.24, 2.45) is 4.99 Å². The Morgan fingerprint density at radius 3 is 2.92 bits per heavy atom. The van der Waals surface area contributed by atoms with Crippen LogP contribution in [0.25, 0.3) is 0 Å². The highest BCUT2D eigenvalue weighted by Gasteiger charge is 2.28. The summed E-state index contributed by atoms with van der Waals surface area (Å²) in [6.07, 6.45) is 0. The van der Waals surface area contributed by atoms with Gasteiger partial charge in [0.25, 0.3) is 0 Å². The van der Waals surface area contributed by atoms with Crippen LogP contribution in [-0.4, -0.2) is 48.1 Å². The van der Waals surface area contributed by atoms with Gasteiger partial charge in [-0.1, -0.05) is 6.07 Å². The standard InChI is InChI=1S/C18H28FN3OS/c1-5-20-17(22-8-9-24-18(2,3)13-22)21-11-14-6-7-16(19)15(10-14)12-23-4/h6-7,10H,5,8-9,11-13H2,1-4H3,(H,20,21). The lowest BCUT2D eigenvalue weighted by Gasteiger charge is -2.39. The molecule has 134 valence electrons. The van der Waals surface area contributed by atoms with Crippen molar-refractivity contribution in [1.29, 1.82) is 0 Å². The lowest BCUT2D eigenvalue weighted by molar-refractivity contribution is 0.181. The molecule has 1 N–H and O–H groups in total. The number of ether oxygens (including phenoxy) is 1. The van der Waals surface area contributed by atoms with Gasteiger partial charge in [0.05, 0.1) is 13.2 Å². The molecule has 4 nitrogen and oxygen atoms in total. The van der Waals surface area contributed by atoms with Crippen LogP contribution in [0.4, 0.5) is 4.39 Å². The molecule has 0 aromatic heterocycles. The highest BCUT2D eigenvalue weighted by atomic mass is 32.2. The Labute approximate surface area is 148 Å². The number of hydrogen-bond donors (Lipinski definition) is 1. The average molecular weight is 354 g/mol. The zero-order valence-corrected chi connectivity index (χ0v) is 15.9. The number of rotatable bonds is 5. The molecule has 1 saturated heterocycles. The van der Waals surface area contributed by atoms with Crippen molar-refractivity contribution in [3.05, 3.63) is 35.1 Å². The minimum atomic E-state index is -0.230. The molecule has 0 spiro atoms. The Balaban J connectivity index is 2.12. The minimum absolute atomic E-state index is 0.230. The van der Waals surface area contributed by atoms with Gasteiger partial charge in [-0.25, -0.2) is 9.38 Å². The third kappa shape index (κ3) is 5.38. The number of nitrogens with zero attached hydrogens (tertiary/aromatic N) is 2. The molecule has 1 aromatic rings. The molecule has 6 heteroatoms. The number of hydrogen-bond acceptors (Lipinski definition) is 3. The van der Waals surface area contributed by atoms with Gasteiger partial charge in [0.2, 0.25) is 0 Å². The molecule has 0 amide bonds. The van der Waals surface area contributed by atoms with E-state index in [-0.39, 0.29) is 17.2 Å². The second-order valence-corrected chi connectivity index (χ2v) is 8.36. The van der Waals surface area contributed by atoms with Crippen LogP contribution < -0.4 is 5.32 Å². The van der Waals surface area contributed by atoms with Crippen molar-refractivity contribution in [1.82, 2.24) is 10.2 Å². The summed E-state index contributed by atoms with van der Waals surface area (Å²) < 4.78 is 19.0. The maximum Gasteiger partial charge on any atom is 0.194 e. The van der Waals surface area contributed by atoms with Gasteiger partial charge < -0.3 is 15.0 Å². The molecule has 1 aliphatic rings. The summed E-state index contributed by atoms with van der Waals surface area (Å²) in [5, 5.41) is 3.38. The number of thioether (sulfide) groups is 1. The molecule has 0 aliphatic carbocycles. The topological polar surface area (TPSA) is 36.9 Å². The van der Waals surface area contributed by atoms with Crippen LogP contribution in [0.3, 0.4) is 0 Å². The second kappa shape index (κ2) is 8.72. The van der Waals surface area contributed by atoms with Crippen molar-refractivity contribution in [2.75, 3.05) is 32.5 Å². The van der Waals surface area contributed by atoms with E-state index in [0.717, 1.165) is 36.9 Å². The van der Waals surface area contributed by atoms with Gasteiger partial charge >= 0.3 is 0 Å². The average Bonchev–Trinajstić information content (AvgIpc) is 2.53. The molecule has 24 heavy (non-hydrogen) atoms. The summed E-state index contributed by atoms with van der Waals surface area (Å²) >= 11 is 2.00. The Kier molecular flexibility index (Phi) is 6.92. The zero-order valence-electron chi connectivity index (χ0n) is 15.1. The fourth-order valence-corrected chi connectivity index (χ4v) is 3.89. The summed E-state index contributed by atoms with van der Waals surface area (Å²) in [4.78, 5) is 7.08. The highest BCUT2D eigenvalue weighted by Crippen LogP contribution is 2.29. The van der Waals surface area contributed by atoms with Crippen molar-refractivity contribution in [3.63, 3.8) is 0 Å². The number of benzene rings is 1. The molecule has 1 aliphatic heterocycles. The third-order valence-corrected chi connectivity index (χ3v) is 5.18. The van der Waals surface area contributed by atoms with Crippen molar-refractivity contribution >= 4 is 17.7 Å². The summed E-state index contributed by atoms with van der Waals surface area (Å²) in [5.41, 5.74) is 1.57. The number of methoxy groups -OCH3 is 1. The summed E-state index contributed by atoms with van der Waals surface area (Å²) in [7, 11) is 1.57. The largest absolute Gasteiger partial charge is 0.380 e. The SMILES string of the molecule is CCNC(=NCc1ccc(F)c(COC)c1)N1CCSC(C)(C)C1. The van der Waals surface area contributed by atoms with Crippen LogP contribution >= 0.6 is 11.8 Å². The van der Waals surface area contributed by atoms with E-state index in [2.05, 4.69) is 31.0 Å². The summed E-state index contributed by atoms with van der Waals surface area (Å²) in [6, 6.07) is 5.12. The quantitative estimate of drug-likeness (QED) is 0.651. The Hall–Kier alpha value is -1.27. The molecule has 1 fully saturated rings. The van der Waals surface area contributed by atoms with Crippen LogP contribution in [0.5, 0.6) is 0 Å². The molecule has 0 unspecified atom stereocenters. The Morgan fingerprint density at radius 2 is 2.25 bits per heavy atom. The summed E-state index contributed by atoms with van der Waals surface area (Å²) in [6.45, 7) is 10.2. The minimum Gasteiger partial charge on any atom is -0.380 e. The molecule has 0 saturated carbocycles. The normalized spacial score (nSPS) is 17.9. The van der Waals surface area contributed by atoms with E-state index in [0.29, 0.717) is 12.1 Å². The van der Waals surface area contributed by atoms with Crippen molar-refractivity contribution < 1.29 is 9.13 Å². The van der Waals surface area contributed by atoms with Gasteiger partial charge in [0.1, 0.15) is 5.82 Å². The highest BCUT2D eigenvalue weighted by molar-refractivity contribution is 8.00. The number of halogens is 1. The van der Waals surface area contributed by atoms with Gasteiger partial charge in [-0.05, 0) is 38.5 Å². The van der Waals surface area contributed by atoms with E-state index in [1.807, 2.05) is 17.8 Å². The van der Waals surface area contributed by atoms with E-state index < -0.39 is 0 Å². The van der Waals surface area contributed by atoms with Crippen molar-refractivity contribution in [3.8, 4) is 0 Å². The first-order valence-corrected chi connectivity index (χ1v) is 9.37. The molecule has 2 rings (SSSR count). The lowest BCUT2D eigenvalue weighted by Crippen LogP contribution is -2.50. The van der Waals surface area contributed by atoms with Crippen LogP contribution in [0.15, 0.2) is 23.2 Å². The molecule has 0 bridgehead atoms. The molecule has 0 atom stereocenters. The first-order chi connectivity index (χ1) is 11.4. The molecule has 0 radical (unpaired) electrons. The number of guanidine groups is 1. The third-order valence-electron chi connectivity index (χ3n) is 3.88. The lowest BCUT2D eigenvalue weighted by atomic mass is 10.1. The first-order valence-electron chi connectivity index (χ1n) is 8.38. The van der Waals surface area contributed by atoms with Crippen LogP contribution in [0.2, 0.25) is 0 Å². The smallest absolute Gasteiger partial charge is 0.194 e. The molecule has 1 aromatic carbocycles. The molecular weight excluding hydrogens is 325 g/mol. The molecular formula is C18H28FN3OS. The predicted octanol–water partition coefficient (Wildman–Crippen LogP) is 3.27. The van der Waals surface area contributed by atoms with Crippen LogP contribution in [0, 0.1) is 5.82 Å². The fourth-order valence-electron chi connectivity index (χ4n) is 2.78. The fraction of sp³-hybridized carbons (Fsp3) is 0.611. The predicted molar refractivity (Wildman–Crippen MR) is 100 cm³/mol. The van der Waals surface area contributed by atoms with Gasteiger partial charge in [-0.3, -0.25) is 0 Å². The van der Waals surface area contributed by atoms with Crippen molar-refractivity contribution in [2.45, 2.75) is 38.7 Å². The van der Waals surface area contributed by atoms with Gasteiger partial charge in [-0.15, -0.1) is 0 Å². The van der Waals surface area contributed by atoms with E-state index in [9.17, 15) is 4.39 Å². The van der Waals surface area contributed by atoms with E-state index in [4.69, 9.17) is 9.73 Å². The number of nitrogens with one attached hydrogen (secondary N) is 1. The number of aliphatic imine (C=N–C) groups is 1.